The number of para-hydroxylation sites is 1. The smallest absolute Gasteiger partial charge is 0.266 e. The molecule has 5 rings (SSSR count). The van der Waals surface area contributed by atoms with Crippen LogP contribution in [0, 0.1) is 24.2 Å². The van der Waals surface area contributed by atoms with Crippen LogP contribution in [0.25, 0.3) is 16.6 Å². The molecule has 2 heterocycles. The molecule has 0 amide bonds. The molecule has 0 bridgehead atoms. The van der Waals surface area contributed by atoms with Gasteiger partial charge < -0.3 is 16.8 Å². The summed E-state index contributed by atoms with van der Waals surface area (Å²) < 4.78 is 1.64. The Hall–Kier alpha value is -4.45. The van der Waals surface area contributed by atoms with Gasteiger partial charge in [0.2, 0.25) is 5.95 Å². The van der Waals surface area contributed by atoms with Crippen LogP contribution in [0.4, 0.5) is 17.6 Å². The third-order valence-electron chi connectivity index (χ3n) is 5.88. The van der Waals surface area contributed by atoms with Crippen LogP contribution >= 0.6 is 0 Å². The first-order valence-corrected chi connectivity index (χ1v) is 10.6. The Morgan fingerprint density at radius 3 is 2.55 bits per heavy atom. The number of rotatable bonds is 5. The summed E-state index contributed by atoms with van der Waals surface area (Å²) in [6.07, 6.45) is 1.90. The van der Waals surface area contributed by atoms with Crippen molar-refractivity contribution in [1.29, 1.82) is 5.26 Å². The van der Waals surface area contributed by atoms with E-state index in [1.165, 1.54) is 0 Å². The molecule has 5 N–H and O–H groups in total. The average Bonchev–Trinajstić information content (AvgIpc) is 3.63. The maximum absolute atomic E-state index is 13.8. The number of hydrogen-bond donors (Lipinski definition) is 3. The summed E-state index contributed by atoms with van der Waals surface area (Å²) in [6.45, 7) is 1.91. The van der Waals surface area contributed by atoms with Crippen molar-refractivity contribution in [3.05, 3.63) is 75.8 Å². The average molecular weight is 438 g/mol. The predicted molar refractivity (Wildman–Crippen MR) is 127 cm³/mol. The molecule has 2 aromatic heterocycles. The van der Waals surface area contributed by atoms with E-state index < -0.39 is 0 Å². The minimum absolute atomic E-state index is 0.00425. The van der Waals surface area contributed by atoms with Crippen molar-refractivity contribution in [2.75, 3.05) is 16.8 Å². The third kappa shape index (κ3) is 3.61. The van der Waals surface area contributed by atoms with Crippen molar-refractivity contribution in [3.8, 4) is 11.8 Å². The Morgan fingerprint density at radius 2 is 1.85 bits per heavy atom. The zero-order valence-corrected chi connectivity index (χ0v) is 18.0. The second-order valence-electron chi connectivity index (χ2n) is 8.18. The molecule has 1 atom stereocenters. The Balaban J connectivity index is 1.76. The quantitative estimate of drug-likeness (QED) is 0.430. The van der Waals surface area contributed by atoms with Gasteiger partial charge in [0.1, 0.15) is 23.3 Å². The van der Waals surface area contributed by atoms with Crippen LogP contribution in [0.3, 0.4) is 0 Å². The van der Waals surface area contributed by atoms with Crippen LogP contribution in [-0.4, -0.2) is 19.5 Å². The minimum atomic E-state index is -0.386. The Kier molecular flexibility index (Phi) is 4.90. The van der Waals surface area contributed by atoms with E-state index in [1.807, 2.05) is 61.5 Å². The zero-order valence-electron chi connectivity index (χ0n) is 18.0. The molecule has 1 fully saturated rings. The van der Waals surface area contributed by atoms with E-state index in [2.05, 4.69) is 15.3 Å². The molecule has 9 heteroatoms. The van der Waals surface area contributed by atoms with E-state index in [0.29, 0.717) is 22.4 Å². The Labute approximate surface area is 189 Å². The van der Waals surface area contributed by atoms with Crippen molar-refractivity contribution < 1.29 is 0 Å². The molecule has 164 valence electrons. The molecule has 0 unspecified atom stereocenters. The maximum atomic E-state index is 13.8. The fourth-order valence-electron chi connectivity index (χ4n) is 4.13. The second-order valence-corrected chi connectivity index (χ2v) is 8.18. The van der Waals surface area contributed by atoms with Crippen LogP contribution in [0.2, 0.25) is 0 Å². The van der Waals surface area contributed by atoms with E-state index in [9.17, 15) is 10.1 Å². The van der Waals surface area contributed by atoms with Crippen molar-refractivity contribution in [2.24, 2.45) is 5.92 Å². The monoisotopic (exact) mass is 438 g/mol. The number of nitriles is 1. The lowest BCUT2D eigenvalue weighted by Gasteiger charge is -2.24. The SMILES string of the molecule is Cc1cccc2nc([C@@H](Nc3nc(N)nc(N)c3C#N)C3CC3)n(-c3ccccc3)c(=O)c12. The normalized spacial score (nSPS) is 14.1. The number of benzene rings is 2. The topological polar surface area (TPSA) is 149 Å². The van der Waals surface area contributed by atoms with Gasteiger partial charge in [-0.3, -0.25) is 9.36 Å². The summed E-state index contributed by atoms with van der Waals surface area (Å²) in [5.74, 6) is 0.956. The lowest BCUT2D eigenvalue weighted by molar-refractivity contribution is 0.609. The number of nitrogens with zero attached hydrogens (tertiary/aromatic N) is 5. The van der Waals surface area contributed by atoms with Crippen LogP contribution < -0.4 is 22.3 Å². The van der Waals surface area contributed by atoms with Crippen LogP contribution in [0.15, 0.2) is 53.3 Å². The lowest BCUT2D eigenvalue weighted by Crippen LogP contribution is -2.30. The number of fused-ring (bicyclic) bond motifs is 1. The van der Waals surface area contributed by atoms with Crippen LogP contribution in [0.5, 0.6) is 0 Å². The molecule has 33 heavy (non-hydrogen) atoms. The minimum Gasteiger partial charge on any atom is -0.382 e. The Bertz CT molecular complexity index is 1470. The largest absolute Gasteiger partial charge is 0.382 e. The molecular weight excluding hydrogens is 416 g/mol. The van der Waals surface area contributed by atoms with E-state index in [4.69, 9.17) is 16.5 Å². The van der Waals surface area contributed by atoms with Gasteiger partial charge in [-0.1, -0.05) is 30.3 Å². The summed E-state index contributed by atoms with van der Waals surface area (Å²) >= 11 is 0. The number of nitrogens with one attached hydrogen (secondary N) is 1. The first kappa shape index (κ1) is 20.5. The molecule has 1 aliphatic rings. The molecule has 2 aromatic carbocycles. The van der Waals surface area contributed by atoms with Crippen molar-refractivity contribution in [3.63, 3.8) is 0 Å². The first-order chi connectivity index (χ1) is 16.0. The molecule has 1 aliphatic carbocycles. The van der Waals surface area contributed by atoms with E-state index in [-0.39, 0.29) is 40.7 Å². The van der Waals surface area contributed by atoms with Gasteiger partial charge in [-0.25, -0.2) is 4.98 Å². The summed E-state index contributed by atoms with van der Waals surface area (Å²) in [4.78, 5) is 26.8. The van der Waals surface area contributed by atoms with E-state index in [0.717, 1.165) is 18.4 Å². The summed E-state index contributed by atoms with van der Waals surface area (Å²) in [7, 11) is 0. The number of nitrogens with two attached hydrogens (primary N) is 2. The molecule has 0 aliphatic heterocycles. The Morgan fingerprint density at radius 1 is 1.09 bits per heavy atom. The molecule has 4 aromatic rings. The maximum Gasteiger partial charge on any atom is 0.266 e. The van der Waals surface area contributed by atoms with Gasteiger partial charge >= 0.3 is 0 Å². The second kappa shape index (κ2) is 7.91. The van der Waals surface area contributed by atoms with Gasteiger partial charge in [0.05, 0.1) is 22.6 Å². The fraction of sp³-hybridized carbons (Fsp3) is 0.208. The van der Waals surface area contributed by atoms with Crippen molar-refractivity contribution in [2.45, 2.75) is 25.8 Å². The number of nitrogen functional groups attached to an aromatic ring is 2. The van der Waals surface area contributed by atoms with Gasteiger partial charge in [0.15, 0.2) is 5.82 Å². The zero-order chi connectivity index (χ0) is 23.1. The van der Waals surface area contributed by atoms with Gasteiger partial charge in [0.25, 0.3) is 5.56 Å². The first-order valence-electron chi connectivity index (χ1n) is 10.6. The highest BCUT2D eigenvalue weighted by Gasteiger charge is 2.37. The molecule has 0 radical (unpaired) electrons. The number of aromatic nitrogens is 4. The fourth-order valence-corrected chi connectivity index (χ4v) is 4.13. The summed E-state index contributed by atoms with van der Waals surface area (Å²) in [5.41, 5.74) is 13.9. The number of hydrogen-bond acceptors (Lipinski definition) is 8. The molecule has 9 nitrogen and oxygen atoms in total. The van der Waals surface area contributed by atoms with Crippen LogP contribution in [0.1, 0.15) is 35.8 Å². The highest BCUT2D eigenvalue weighted by Crippen LogP contribution is 2.43. The summed E-state index contributed by atoms with van der Waals surface area (Å²) in [5, 5.41) is 13.5. The lowest BCUT2D eigenvalue weighted by atomic mass is 10.1. The van der Waals surface area contributed by atoms with E-state index >= 15 is 0 Å². The number of aryl methyl sites for hydroxylation is 1. The number of anilines is 3. The van der Waals surface area contributed by atoms with Crippen LogP contribution in [-0.2, 0) is 0 Å². The standard InChI is InChI=1S/C24H22N8O/c1-13-6-5-9-17-18(13)23(33)32(15-7-3-2-4-8-15)22(28-17)19(14-10-11-14)29-21-16(12-25)20(26)30-24(27)31-21/h2-9,14,19H,10-11H2,1H3,(H5,26,27,29,30,31)/t19-/m0/s1. The van der Waals surface area contributed by atoms with Crippen molar-refractivity contribution >= 4 is 28.5 Å². The van der Waals surface area contributed by atoms with Gasteiger partial charge in [-0.2, -0.15) is 15.2 Å². The van der Waals surface area contributed by atoms with Gasteiger partial charge in [-0.15, -0.1) is 0 Å². The third-order valence-corrected chi connectivity index (χ3v) is 5.88. The van der Waals surface area contributed by atoms with Crippen molar-refractivity contribution in [1.82, 2.24) is 19.5 Å². The van der Waals surface area contributed by atoms with E-state index in [1.54, 1.807) is 4.57 Å². The van der Waals surface area contributed by atoms with Gasteiger partial charge in [-0.05, 0) is 49.4 Å². The molecular formula is C24H22N8O. The highest BCUT2D eigenvalue weighted by molar-refractivity contribution is 5.81. The summed E-state index contributed by atoms with van der Waals surface area (Å²) in [6, 6.07) is 16.7. The molecule has 1 saturated carbocycles. The predicted octanol–water partition coefficient (Wildman–Crippen LogP) is 3.08. The molecule has 0 spiro atoms. The highest BCUT2D eigenvalue weighted by atomic mass is 16.1. The van der Waals surface area contributed by atoms with Gasteiger partial charge in [0, 0.05) is 0 Å². The molecule has 0 saturated heterocycles.